The molecule has 2 aliphatic rings. The number of nitrogens with one attached hydrogen (secondary N) is 1. The third-order valence-corrected chi connectivity index (χ3v) is 5.75. The molecule has 1 aromatic carbocycles. The zero-order chi connectivity index (χ0) is 14.2. The van der Waals surface area contributed by atoms with Gasteiger partial charge in [-0.2, -0.15) is 0 Å². The number of carbonyl (C=O) groups is 1. The van der Waals surface area contributed by atoms with E-state index in [4.69, 9.17) is 5.73 Å². The quantitative estimate of drug-likeness (QED) is 0.826. The van der Waals surface area contributed by atoms with Crippen LogP contribution in [0.1, 0.15) is 31.2 Å². The first-order valence-corrected chi connectivity index (χ1v) is 8.61. The highest BCUT2D eigenvalue weighted by Gasteiger charge is 2.51. The predicted octanol–water partition coefficient (Wildman–Crippen LogP) is 1.33. The van der Waals surface area contributed by atoms with Crippen molar-refractivity contribution < 1.29 is 9.00 Å². The molecule has 0 radical (unpaired) electrons. The van der Waals surface area contributed by atoms with Crippen LogP contribution in [0, 0.1) is 0 Å². The highest BCUT2D eigenvalue weighted by molar-refractivity contribution is 7.85. The number of nitrogens with two attached hydrogens (primary N) is 1. The monoisotopic (exact) mass is 292 g/mol. The minimum atomic E-state index is -0.685. The molecule has 1 aliphatic carbocycles. The number of hydrogen-bond acceptors (Lipinski definition) is 3. The van der Waals surface area contributed by atoms with Gasteiger partial charge in [0.1, 0.15) is 0 Å². The fraction of sp³-hybridized carbons (Fsp3) is 0.533. The number of benzene rings is 1. The molecular formula is C15H20N2O2S. The molecule has 0 bridgehead atoms. The Balaban J connectivity index is 1.67. The zero-order valence-corrected chi connectivity index (χ0v) is 12.2. The average molecular weight is 292 g/mol. The molecule has 0 atom stereocenters. The van der Waals surface area contributed by atoms with Gasteiger partial charge >= 0.3 is 0 Å². The van der Waals surface area contributed by atoms with Crippen LogP contribution in [0.5, 0.6) is 0 Å². The highest BCUT2D eigenvalue weighted by Crippen LogP contribution is 2.48. The lowest BCUT2D eigenvalue weighted by Gasteiger charge is -2.25. The molecule has 0 aromatic heterocycles. The summed E-state index contributed by atoms with van der Waals surface area (Å²) in [5.41, 5.74) is 7.14. The molecule has 3 N–H and O–H groups in total. The lowest BCUT2D eigenvalue weighted by atomic mass is 9.94. The van der Waals surface area contributed by atoms with Gasteiger partial charge in [0.15, 0.2) is 0 Å². The Kier molecular flexibility index (Phi) is 3.54. The summed E-state index contributed by atoms with van der Waals surface area (Å²) in [4.78, 5) is 12.5. The summed E-state index contributed by atoms with van der Waals surface area (Å²) in [5, 5.41) is 3.15. The molecule has 4 nitrogen and oxygen atoms in total. The van der Waals surface area contributed by atoms with E-state index >= 15 is 0 Å². The van der Waals surface area contributed by atoms with Gasteiger partial charge in [0.25, 0.3) is 0 Å². The van der Waals surface area contributed by atoms with Gasteiger partial charge in [0, 0.05) is 34.0 Å². The summed E-state index contributed by atoms with van der Waals surface area (Å²) < 4.78 is 11.3. The summed E-state index contributed by atoms with van der Waals surface area (Å²) in [5.74, 6) is 1.54. The van der Waals surface area contributed by atoms with E-state index in [1.165, 1.54) is 0 Å². The van der Waals surface area contributed by atoms with Crippen LogP contribution in [-0.4, -0.2) is 27.7 Å². The Morgan fingerprint density at radius 1 is 1.20 bits per heavy atom. The van der Waals surface area contributed by atoms with E-state index in [0.29, 0.717) is 11.5 Å². The standard InChI is InChI=1S/C15H20N2O2S/c16-12-3-1-11(2-4-12)15(7-8-15)14(18)17-13-5-9-20(19)10-6-13/h1-4,13H,5-10,16H2,(H,17,18). The lowest BCUT2D eigenvalue weighted by molar-refractivity contribution is -0.124. The predicted molar refractivity (Wildman–Crippen MR) is 80.8 cm³/mol. The fourth-order valence-electron chi connectivity index (χ4n) is 2.84. The van der Waals surface area contributed by atoms with E-state index in [1.807, 2.05) is 24.3 Å². The molecule has 1 saturated carbocycles. The molecule has 1 aliphatic heterocycles. The minimum absolute atomic E-state index is 0.125. The largest absolute Gasteiger partial charge is 0.399 e. The van der Waals surface area contributed by atoms with Crippen LogP contribution in [0.4, 0.5) is 5.69 Å². The number of amides is 1. The second-order valence-corrected chi connectivity index (χ2v) is 7.50. The normalized spacial score (nSPS) is 27.8. The third-order valence-electron chi connectivity index (χ3n) is 4.37. The molecule has 0 unspecified atom stereocenters. The summed E-state index contributed by atoms with van der Waals surface area (Å²) in [7, 11) is -0.685. The van der Waals surface area contributed by atoms with Crippen molar-refractivity contribution in [2.75, 3.05) is 17.2 Å². The molecule has 5 heteroatoms. The molecule has 3 rings (SSSR count). The molecule has 1 aromatic rings. The second kappa shape index (κ2) is 5.20. The van der Waals surface area contributed by atoms with Crippen molar-refractivity contribution in [3.8, 4) is 0 Å². The van der Waals surface area contributed by atoms with E-state index in [9.17, 15) is 9.00 Å². The maximum Gasteiger partial charge on any atom is 0.230 e. The first-order valence-electron chi connectivity index (χ1n) is 7.12. The maximum absolute atomic E-state index is 12.5. The van der Waals surface area contributed by atoms with E-state index < -0.39 is 10.8 Å². The molecule has 1 amide bonds. The summed E-state index contributed by atoms with van der Waals surface area (Å²) in [6.45, 7) is 0. The number of rotatable bonds is 3. The Labute approximate surface area is 121 Å². The van der Waals surface area contributed by atoms with Crippen LogP contribution >= 0.6 is 0 Å². The average Bonchev–Trinajstić information content (AvgIpc) is 3.24. The van der Waals surface area contributed by atoms with Crippen LogP contribution in [0.2, 0.25) is 0 Å². The topological polar surface area (TPSA) is 72.2 Å². The molecule has 1 saturated heterocycles. The van der Waals surface area contributed by atoms with Gasteiger partial charge in [0.2, 0.25) is 5.91 Å². The van der Waals surface area contributed by atoms with Gasteiger partial charge in [-0.25, -0.2) is 0 Å². The Morgan fingerprint density at radius 2 is 1.80 bits per heavy atom. The molecule has 0 spiro atoms. The van der Waals surface area contributed by atoms with Crippen LogP contribution in [0.3, 0.4) is 0 Å². The number of anilines is 1. The first-order chi connectivity index (χ1) is 9.60. The third kappa shape index (κ3) is 2.59. The van der Waals surface area contributed by atoms with E-state index in [1.54, 1.807) is 0 Å². The summed E-state index contributed by atoms with van der Waals surface area (Å²) in [6.07, 6.45) is 3.47. The minimum Gasteiger partial charge on any atom is -0.399 e. The zero-order valence-electron chi connectivity index (χ0n) is 11.4. The van der Waals surface area contributed by atoms with Gasteiger partial charge in [-0.15, -0.1) is 0 Å². The Hall–Kier alpha value is -1.36. The van der Waals surface area contributed by atoms with E-state index in [2.05, 4.69) is 5.32 Å². The van der Waals surface area contributed by atoms with E-state index in [-0.39, 0.29) is 17.4 Å². The van der Waals surface area contributed by atoms with Gasteiger partial charge in [-0.05, 0) is 43.4 Å². The summed E-state index contributed by atoms with van der Waals surface area (Å²) >= 11 is 0. The second-order valence-electron chi connectivity index (χ2n) is 5.80. The molecule has 2 fully saturated rings. The first kappa shape index (κ1) is 13.6. The van der Waals surface area contributed by atoms with Crippen molar-refractivity contribution in [3.05, 3.63) is 29.8 Å². The van der Waals surface area contributed by atoms with Gasteiger partial charge < -0.3 is 11.1 Å². The van der Waals surface area contributed by atoms with Crippen molar-refractivity contribution in [1.82, 2.24) is 5.32 Å². The van der Waals surface area contributed by atoms with Gasteiger partial charge in [0.05, 0.1) is 5.41 Å². The lowest BCUT2D eigenvalue weighted by Crippen LogP contribution is -2.44. The SMILES string of the molecule is Nc1ccc(C2(C(=O)NC3CCS(=O)CC3)CC2)cc1. The molecule has 108 valence electrons. The van der Waals surface area contributed by atoms with Crippen LogP contribution in [0.15, 0.2) is 24.3 Å². The fourth-order valence-corrected chi connectivity index (χ4v) is 4.13. The number of carbonyl (C=O) groups excluding carboxylic acids is 1. The van der Waals surface area contributed by atoms with Crippen LogP contribution in [-0.2, 0) is 21.0 Å². The van der Waals surface area contributed by atoms with Crippen molar-refractivity contribution >= 4 is 22.4 Å². The van der Waals surface area contributed by atoms with Crippen molar-refractivity contribution in [2.24, 2.45) is 0 Å². The van der Waals surface area contributed by atoms with Crippen LogP contribution < -0.4 is 11.1 Å². The van der Waals surface area contributed by atoms with Gasteiger partial charge in [-0.3, -0.25) is 9.00 Å². The summed E-state index contributed by atoms with van der Waals surface area (Å²) in [6, 6.07) is 7.81. The number of hydrogen-bond donors (Lipinski definition) is 2. The van der Waals surface area contributed by atoms with Crippen molar-refractivity contribution in [1.29, 1.82) is 0 Å². The number of nitrogen functional groups attached to an aromatic ring is 1. The highest BCUT2D eigenvalue weighted by atomic mass is 32.2. The molecule has 20 heavy (non-hydrogen) atoms. The van der Waals surface area contributed by atoms with E-state index in [0.717, 1.165) is 36.9 Å². The molecular weight excluding hydrogens is 272 g/mol. The molecule has 1 heterocycles. The van der Waals surface area contributed by atoms with Crippen LogP contribution in [0.25, 0.3) is 0 Å². The Morgan fingerprint density at radius 3 is 2.35 bits per heavy atom. The Bertz CT molecular complexity index is 527. The van der Waals surface area contributed by atoms with Crippen molar-refractivity contribution in [2.45, 2.75) is 37.1 Å². The smallest absolute Gasteiger partial charge is 0.230 e. The van der Waals surface area contributed by atoms with Gasteiger partial charge in [-0.1, -0.05) is 12.1 Å². The maximum atomic E-state index is 12.5. The van der Waals surface area contributed by atoms with Crippen molar-refractivity contribution in [3.63, 3.8) is 0 Å².